The van der Waals surface area contributed by atoms with Gasteiger partial charge in [0.25, 0.3) is 5.91 Å². The second-order valence-corrected chi connectivity index (χ2v) is 6.08. The first kappa shape index (κ1) is 16.9. The number of nitrogens with one attached hydrogen (secondary N) is 1. The van der Waals surface area contributed by atoms with Gasteiger partial charge in [0.15, 0.2) is 11.5 Å². The second kappa shape index (κ2) is 7.74. The maximum absolute atomic E-state index is 12.2. The molecule has 0 bridgehead atoms. The minimum Gasteiger partial charge on any atom is -0.352 e. The summed E-state index contributed by atoms with van der Waals surface area (Å²) in [4.78, 5) is 26.7. The van der Waals surface area contributed by atoms with E-state index < -0.39 is 0 Å². The van der Waals surface area contributed by atoms with Crippen LogP contribution >= 0.6 is 0 Å². The van der Waals surface area contributed by atoms with Crippen molar-refractivity contribution in [3.63, 3.8) is 0 Å². The summed E-state index contributed by atoms with van der Waals surface area (Å²) in [7, 11) is 0. The lowest BCUT2D eigenvalue weighted by Crippen LogP contribution is -2.46. The molecule has 1 aromatic carbocycles. The van der Waals surface area contributed by atoms with Crippen molar-refractivity contribution in [2.45, 2.75) is 13.5 Å². The zero-order valence-electron chi connectivity index (χ0n) is 14.2. The van der Waals surface area contributed by atoms with Gasteiger partial charge < -0.3 is 15.1 Å². The number of carbonyl (C=O) groups excluding carboxylic acids is 2. The third kappa shape index (κ3) is 4.32. The average Bonchev–Trinajstić information content (AvgIpc) is 2.66. The Morgan fingerprint density at radius 2 is 1.96 bits per heavy atom. The van der Waals surface area contributed by atoms with Gasteiger partial charge in [-0.2, -0.15) is 0 Å². The van der Waals surface area contributed by atoms with Crippen LogP contribution in [0.4, 0.5) is 5.82 Å². The molecule has 1 saturated heterocycles. The number of rotatable bonds is 5. The van der Waals surface area contributed by atoms with Gasteiger partial charge in [-0.15, -0.1) is 10.2 Å². The van der Waals surface area contributed by atoms with E-state index in [2.05, 4.69) is 20.4 Å². The van der Waals surface area contributed by atoms with Crippen molar-refractivity contribution in [1.29, 1.82) is 0 Å². The minimum absolute atomic E-state index is 0.244. The summed E-state index contributed by atoms with van der Waals surface area (Å²) in [6.45, 7) is 5.24. The lowest BCUT2D eigenvalue weighted by atomic mass is 10.1. The molecule has 1 aliphatic heterocycles. The van der Waals surface area contributed by atoms with Crippen molar-refractivity contribution in [2.24, 2.45) is 0 Å². The maximum Gasteiger partial charge on any atom is 0.272 e. The number of amides is 2. The SMILES string of the molecule is Cc1cccc(CNC(=O)c2ccc(N3CCN(C=O)CC3)nn2)c1. The summed E-state index contributed by atoms with van der Waals surface area (Å²) in [5.74, 6) is 0.479. The molecule has 7 nitrogen and oxygen atoms in total. The summed E-state index contributed by atoms with van der Waals surface area (Å²) in [5.41, 5.74) is 2.50. The van der Waals surface area contributed by atoms with Gasteiger partial charge in [-0.1, -0.05) is 29.8 Å². The molecule has 0 atom stereocenters. The monoisotopic (exact) mass is 339 g/mol. The van der Waals surface area contributed by atoms with Crippen LogP contribution in [-0.4, -0.2) is 53.6 Å². The van der Waals surface area contributed by atoms with Crippen LogP contribution in [0.3, 0.4) is 0 Å². The molecule has 0 saturated carbocycles. The molecule has 0 spiro atoms. The van der Waals surface area contributed by atoms with Crippen LogP contribution in [0.2, 0.25) is 0 Å². The third-order valence-electron chi connectivity index (χ3n) is 4.21. The first-order valence-corrected chi connectivity index (χ1v) is 8.27. The third-order valence-corrected chi connectivity index (χ3v) is 4.21. The molecule has 0 aliphatic carbocycles. The molecule has 0 radical (unpaired) electrons. The van der Waals surface area contributed by atoms with Gasteiger partial charge in [0.2, 0.25) is 6.41 Å². The van der Waals surface area contributed by atoms with Crippen LogP contribution in [-0.2, 0) is 11.3 Å². The lowest BCUT2D eigenvalue weighted by Gasteiger charge is -2.32. The molecule has 7 heteroatoms. The zero-order valence-corrected chi connectivity index (χ0v) is 14.2. The summed E-state index contributed by atoms with van der Waals surface area (Å²) in [6.07, 6.45) is 0.866. The standard InChI is InChI=1S/C18H21N5O2/c1-14-3-2-4-15(11-14)12-19-18(25)16-5-6-17(21-20-16)23-9-7-22(13-24)8-10-23/h2-6,11,13H,7-10,12H2,1H3,(H,19,25). The number of aryl methyl sites for hydroxylation is 1. The molecule has 2 amide bonds. The lowest BCUT2D eigenvalue weighted by molar-refractivity contribution is -0.118. The second-order valence-electron chi connectivity index (χ2n) is 6.08. The van der Waals surface area contributed by atoms with E-state index in [9.17, 15) is 9.59 Å². The fourth-order valence-electron chi connectivity index (χ4n) is 2.77. The summed E-state index contributed by atoms with van der Waals surface area (Å²) in [6, 6.07) is 11.5. The van der Waals surface area contributed by atoms with Crippen molar-refractivity contribution in [3.8, 4) is 0 Å². The van der Waals surface area contributed by atoms with Crippen molar-refractivity contribution in [2.75, 3.05) is 31.1 Å². The molecule has 1 N–H and O–H groups in total. The highest BCUT2D eigenvalue weighted by atomic mass is 16.2. The van der Waals surface area contributed by atoms with Gasteiger partial charge in [0.1, 0.15) is 0 Å². The first-order valence-electron chi connectivity index (χ1n) is 8.27. The minimum atomic E-state index is -0.244. The quantitative estimate of drug-likeness (QED) is 0.822. The van der Waals surface area contributed by atoms with Crippen LogP contribution in [0, 0.1) is 6.92 Å². The number of hydrogen-bond donors (Lipinski definition) is 1. The smallest absolute Gasteiger partial charge is 0.272 e. The summed E-state index contributed by atoms with van der Waals surface area (Å²) in [5, 5.41) is 11.0. The molecule has 1 aromatic heterocycles. The Bertz CT molecular complexity index is 739. The molecule has 25 heavy (non-hydrogen) atoms. The molecule has 130 valence electrons. The fraction of sp³-hybridized carbons (Fsp3) is 0.333. The number of anilines is 1. The van der Waals surface area contributed by atoms with Crippen molar-refractivity contribution < 1.29 is 9.59 Å². The van der Waals surface area contributed by atoms with Crippen molar-refractivity contribution in [3.05, 3.63) is 53.2 Å². The van der Waals surface area contributed by atoms with Gasteiger partial charge in [0, 0.05) is 32.7 Å². The van der Waals surface area contributed by atoms with Gasteiger partial charge in [-0.3, -0.25) is 9.59 Å². The van der Waals surface area contributed by atoms with E-state index >= 15 is 0 Å². The number of hydrogen-bond acceptors (Lipinski definition) is 5. The Hall–Kier alpha value is -2.96. The van der Waals surface area contributed by atoms with E-state index in [1.54, 1.807) is 17.0 Å². The Balaban J connectivity index is 1.56. The summed E-state index contributed by atoms with van der Waals surface area (Å²) < 4.78 is 0. The van der Waals surface area contributed by atoms with E-state index in [-0.39, 0.29) is 5.91 Å². The zero-order chi connectivity index (χ0) is 17.6. The van der Waals surface area contributed by atoms with Crippen LogP contribution < -0.4 is 10.2 Å². The van der Waals surface area contributed by atoms with Gasteiger partial charge in [-0.25, -0.2) is 0 Å². The van der Waals surface area contributed by atoms with E-state index in [4.69, 9.17) is 0 Å². The molecule has 0 unspecified atom stereocenters. The summed E-state index contributed by atoms with van der Waals surface area (Å²) >= 11 is 0. The van der Waals surface area contributed by atoms with Crippen LogP contribution in [0.5, 0.6) is 0 Å². The highest BCUT2D eigenvalue weighted by Gasteiger charge is 2.17. The fourth-order valence-corrected chi connectivity index (χ4v) is 2.77. The van der Waals surface area contributed by atoms with E-state index in [0.717, 1.165) is 23.4 Å². The predicted molar refractivity (Wildman–Crippen MR) is 94.2 cm³/mol. The van der Waals surface area contributed by atoms with Gasteiger partial charge in [0.05, 0.1) is 0 Å². The predicted octanol–water partition coefficient (Wildman–Crippen LogP) is 0.993. The molecule has 1 fully saturated rings. The number of aromatic nitrogens is 2. The van der Waals surface area contributed by atoms with Crippen LogP contribution in [0.15, 0.2) is 36.4 Å². The van der Waals surface area contributed by atoms with E-state index in [0.29, 0.717) is 38.4 Å². The topological polar surface area (TPSA) is 78.4 Å². The molecule has 1 aliphatic rings. The number of carbonyl (C=O) groups is 2. The largest absolute Gasteiger partial charge is 0.352 e. The number of nitrogens with zero attached hydrogens (tertiary/aromatic N) is 4. The molecular weight excluding hydrogens is 318 g/mol. The Morgan fingerprint density at radius 1 is 1.16 bits per heavy atom. The highest BCUT2D eigenvalue weighted by molar-refractivity contribution is 5.92. The maximum atomic E-state index is 12.2. The normalized spacial score (nSPS) is 14.3. The Morgan fingerprint density at radius 3 is 2.60 bits per heavy atom. The Kier molecular flexibility index (Phi) is 5.23. The number of piperazine rings is 1. The van der Waals surface area contributed by atoms with Crippen LogP contribution in [0.25, 0.3) is 0 Å². The van der Waals surface area contributed by atoms with Crippen LogP contribution in [0.1, 0.15) is 21.6 Å². The Labute approximate surface area is 146 Å². The van der Waals surface area contributed by atoms with Crippen molar-refractivity contribution in [1.82, 2.24) is 20.4 Å². The highest BCUT2D eigenvalue weighted by Crippen LogP contribution is 2.12. The van der Waals surface area contributed by atoms with Gasteiger partial charge >= 0.3 is 0 Å². The molecular formula is C18H21N5O2. The average molecular weight is 339 g/mol. The molecule has 3 rings (SSSR count). The van der Waals surface area contributed by atoms with E-state index in [1.165, 1.54) is 0 Å². The van der Waals surface area contributed by atoms with Gasteiger partial charge in [-0.05, 0) is 24.6 Å². The molecule has 2 aromatic rings. The number of benzene rings is 1. The van der Waals surface area contributed by atoms with Crippen molar-refractivity contribution >= 4 is 18.1 Å². The molecule has 2 heterocycles. The van der Waals surface area contributed by atoms with E-state index in [1.807, 2.05) is 31.2 Å². The first-order chi connectivity index (χ1) is 12.2.